The summed E-state index contributed by atoms with van der Waals surface area (Å²) in [5.74, 6) is 0. The highest BCUT2D eigenvalue weighted by Crippen LogP contribution is 2.38. The first kappa shape index (κ1) is 18.2. The lowest BCUT2D eigenvalue weighted by Gasteiger charge is -2.28. The third-order valence-corrected chi connectivity index (χ3v) is 5.48. The molecule has 0 saturated heterocycles. The standard InChI is InChI=1S/C29H23N/c1-3-11-23(12-4-1)21-26-15-9-10-18-29(26)30(27-16-5-2-6-17-27)28-20-19-24-13-7-8-14-25(24)22-28/h1-20,22H,21H2. The van der Waals surface area contributed by atoms with Crippen LogP contribution < -0.4 is 4.90 Å². The van der Waals surface area contributed by atoms with E-state index in [4.69, 9.17) is 0 Å². The van der Waals surface area contributed by atoms with E-state index in [1.807, 2.05) is 0 Å². The average Bonchev–Trinajstić information content (AvgIpc) is 2.82. The predicted molar refractivity (Wildman–Crippen MR) is 128 cm³/mol. The first-order valence-corrected chi connectivity index (χ1v) is 10.3. The molecule has 0 saturated carbocycles. The third kappa shape index (κ3) is 3.70. The Morgan fingerprint density at radius 1 is 0.467 bits per heavy atom. The Morgan fingerprint density at radius 2 is 1.10 bits per heavy atom. The lowest BCUT2D eigenvalue weighted by Crippen LogP contribution is -2.12. The van der Waals surface area contributed by atoms with Gasteiger partial charge in [0.05, 0.1) is 0 Å². The SMILES string of the molecule is c1ccc(Cc2ccccc2N(c2ccccc2)c2ccc3ccccc3c2)cc1. The summed E-state index contributed by atoms with van der Waals surface area (Å²) in [5.41, 5.74) is 6.16. The van der Waals surface area contributed by atoms with Gasteiger partial charge in [-0.3, -0.25) is 0 Å². The topological polar surface area (TPSA) is 3.24 Å². The molecular weight excluding hydrogens is 362 g/mol. The molecule has 0 bridgehead atoms. The van der Waals surface area contributed by atoms with Gasteiger partial charge in [-0.25, -0.2) is 0 Å². The van der Waals surface area contributed by atoms with Gasteiger partial charge in [0.15, 0.2) is 0 Å². The summed E-state index contributed by atoms with van der Waals surface area (Å²) in [5, 5.41) is 2.50. The smallest absolute Gasteiger partial charge is 0.0496 e. The van der Waals surface area contributed by atoms with E-state index in [0.29, 0.717) is 0 Å². The Hall–Kier alpha value is -3.84. The summed E-state index contributed by atoms with van der Waals surface area (Å²) in [6, 6.07) is 45.2. The molecular formula is C29H23N. The maximum atomic E-state index is 2.37. The highest BCUT2D eigenvalue weighted by Gasteiger charge is 2.16. The van der Waals surface area contributed by atoms with E-state index in [1.165, 1.54) is 33.3 Å². The molecule has 0 unspecified atom stereocenters. The number of anilines is 3. The molecule has 0 fully saturated rings. The van der Waals surface area contributed by atoms with Crippen LogP contribution in [0.2, 0.25) is 0 Å². The van der Waals surface area contributed by atoms with Crippen LogP contribution in [0, 0.1) is 0 Å². The molecule has 0 aliphatic carbocycles. The minimum atomic E-state index is 0.897. The quantitative estimate of drug-likeness (QED) is 0.297. The van der Waals surface area contributed by atoms with Crippen LogP contribution >= 0.6 is 0 Å². The van der Waals surface area contributed by atoms with Gasteiger partial charge >= 0.3 is 0 Å². The van der Waals surface area contributed by atoms with Crippen LogP contribution in [-0.2, 0) is 6.42 Å². The minimum absolute atomic E-state index is 0.897. The van der Waals surface area contributed by atoms with Gasteiger partial charge in [0.25, 0.3) is 0 Å². The van der Waals surface area contributed by atoms with Crippen LogP contribution in [0.3, 0.4) is 0 Å². The molecule has 1 heteroatoms. The molecule has 5 rings (SSSR count). The summed E-state index contributed by atoms with van der Waals surface area (Å²) in [6.45, 7) is 0. The van der Waals surface area contributed by atoms with Crippen molar-refractivity contribution in [3.8, 4) is 0 Å². The van der Waals surface area contributed by atoms with Crippen molar-refractivity contribution in [1.29, 1.82) is 0 Å². The zero-order valence-electron chi connectivity index (χ0n) is 16.8. The molecule has 0 aliphatic rings. The second-order valence-corrected chi connectivity index (χ2v) is 7.49. The largest absolute Gasteiger partial charge is 0.310 e. The maximum Gasteiger partial charge on any atom is 0.0496 e. The van der Waals surface area contributed by atoms with Crippen molar-refractivity contribution in [1.82, 2.24) is 0 Å². The molecule has 30 heavy (non-hydrogen) atoms. The zero-order valence-corrected chi connectivity index (χ0v) is 16.8. The monoisotopic (exact) mass is 385 g/mol. The summed E-state index contributed by atoms with van der Waals surface area (Å²) in [7, 11) is 0. The van der Waals surface area contributed by atoms with Gasteiger partial charge < -0.3 is 4.90 Å². The van der Waals surface area contributed by atoms with Crippen LogP contribution in [-0.4, -0.2) is 0 Å². The van der Waals surface area contributed by atoms with E-state index in [2.05, 4.69) is 132 Å². The Morgan fingerprint density at radius 3 is 1.90 bits per heavy atom. The van der Waals surface area contributed by atoms with Gasteiger partial charge in [0.1, 0.15) is 0 Å². The number of hydrogen-bond donors (Lipinski definition) is 0. The van der Waals surface area contributed by atoms with Crippen LogP contribution in [0.4, 0.5) is 17.1 Å². The van der Waals surface area contributed by atoms with E-state index in [9.17, 15) is 0 Å². The van der Waals surface area contributed by atoms with E-state index in [1.54, 1.807) is 0 Å². The Kier molecular flexibility index (Phi) is 5.01. The summed E-state index contributed by atoms with van der Waals surface area (Å²) >= 11 is 0. The number of rotatable bonds is 5. The molecule has 0 radical (unpaired) electrons. The van der Waals surface area contributed by atoms with Crippen molar-refractivity contribution in [2.45, 2.75) is 6.42 Å². The molecule has 0 amide bonds. The molecule has 0 aromatic heterocycles. The normalized spacial score (nSPS) is 10.8. The Balaban J connectivity index is 1.66. The van der Waals surface area contributed by atoms with E-state index < -0.39 is 0 Å². The average molecular weight is 386 g/mol. The van der Waals surface area contributed by atoms with Gasteiger partial charge in [-0.05, 0) is 58.7 Å². The number of nitrogens with zero attached hydrogens (tertiary/aromatic N) is 1. The van der Waals surface area contributed by atoms with Crippen molar-refractivity contribution >= 4 is 27.8 Å². The highest BCUT2D eigenvalue weighted by molar-refractivity contribution is 5.89. The molecule has 0 aliphatic heterocycles. The Labute approximate surface area is 177 Å². The van der Waals surface area contributed by atoms with Crippen molar-refractivity contribution in [3.63, 3.8) is 0 Å². The van der Waals surface area contributed by atoms with Crippen LogP contribution in [0.15, 0.2) is 127 Å². The van der Waals surface area contributed by atoms with Crippen molar-refractivity contribution < 1.29 is 0 Å². The summed E-state index contributed by atoms with van der Waals surface area (Å²) in [6.07, 6.45) is 0.897. The van der Waals surface area contributed by atoms with Gasteiger partial charge in [-0.15, -0.1) is 0 Å². The molecule has 0 N–H and O–H groups in total. The molecule has 144 valence electrons. The summed E-state index contributed by atoms with van der Waals surface area (Å²) < 4.78 is 0. The van der Waals surface area contributed by atoms with Gasteiger partial charge in [-0.1, -0.05) is 97.1 Å². The van der Waals surface area contributed by atoms with Gasteiger partial charge in [-0.2, -0.15) is 0 Å². The second kappa shape index (κ2) is 8.26. The van der Waals surface area contributed by atoms with Crippen molar-refractivity contribution in [2.75, 3.05) is 4.90 Å². The van der Waals surface area contributed by atoms with Crippen molar-refractivity contribution in [3.05, 3.63) is 139 Å². The number of fused-ring (bicyclic) bond motifs is 1. The molecule has 5 aromatic rings. The van der Waals surface area contributed by atoms with E-state index >= 15 is 0 Å². The van der Waals surface area contributed by atoms with Crippen LogP contribution in [0.25, 0.3) is 10.8 Å². The van der Waals surface area contributed by atoms with Crippen LogP contribution in [0.5, 0.6) is 0 Å². The molecule has 0 heterocycles. The molecule has 0 atom stereocenters. The molecule has 0 spiro atoms. The first-order valence-electron chi connectivity index (χ1n) is 10.3. The van der Waals surface area contributed by atoms with E-state index in [-0.39, 0.29) is 0 Å². The second-order valence-electron chi connectivity index (χ2n) is 7.49. The zero-order chi connectivity index (χ0) is 20.2. The van der Waals surface area contributed by atoms with Crippen molar-refractivity contribution in [2.24, 2.45) is 0 Å². The fraction of sp³-hybridized carbons (Fsp3) is 0.0345. The lowest BCUT2D eigenvalue weighted by molar-refractivity contribution is 1.15. The van der Waals surface area contributed by atoms with E-state index in [0.717, 1.165) is 12.1 Å². The number of hydrogen-bond acceptors (Lipinski definition) is 1. The summed E-state index contributed by atoms with van der Waals surface area (Å²) in [4.78, 5) is 2.37. The fourth-order valence-electron chi connectivity index (χ4n) is 4.01. The minimum Gasteiger partial charge on any atom is -0.310 e. The third-order valence-electron chi connectivity index (χ3n) is 5.48. The molecule has 5 aromatic carbocycles. The Bertz CT molecular complexity index is 1260. The van der Waals surface area contributed by atoms with Crippen LogP contribution in [0.1, 0.15) is 11.1 Å². The van der Waals surface area contributed by atoms with Gasteiger partial charge in [0.2, 0.25) is 0 Å². The number of para-hydroxylation sites is 2. The lowest BCUT2D eigenvalue weighted by atomic mass is 10.0. The number of benzene rings is 5. The highest BCUT2D eigenvalue weighted by atomic mass is 15.1. The fourth-order valence-corrected chi connectivity index (χ4v) is 4.01. The maximum absolute atomic E-state index is 2.37. The van der Waals surface area contributed by atoms with Gasteiger partial charge in [0, 0.05) is 17.1 Å². The molecule has 1 nitrogen and oxygen atoms in total. The first-order chi connectivity index (χ1) is 14.9. The predicted octanol–water partition coefficient (Wildman–Crippen LogP) is 7.90.